The highest BCUT2D eigenvalue weighted by Crippen LogP contribution is 2.54. The van der Waals surface area contributed by atoms with Crippen LogP contribution in [0.1, 0.15) is 23.3 Å². The molecule has 7 nitrogen and oxygen atoms in total. The third-order valence-corrected chi connectivity index (χ3v) is 5.85. The number of hydrogen-bond acceptors (Lipinski definition) is 7. The fourth-order valence-corrected chi connectivity index (χ4v) is 4.47. The first-order valence-corrected chi connectivity index (χ1v) is 10.5. The summed E-state index contributed by atoms with van der Waals surface area (Å²) in [7, 11) is 2.54. The molecule has 5 rings (SSSR count). The average molecular weight is 442 g/mol. The summed E-state index contributed by atoms with van der Waals surface area (Å²) in [6.07, 6.45) is -0.477. The standard InChI is InChI=1S/C26H22N2O5/c1-31-25(29)21-22-19-15-9-10-16-20(19)27(18-13-7-4-8-14-18)24(17-11-5-3-6-12-17)28(22)33-23(21)26(30)32-2/h3-16,22,24H,1-2H3. The van der Waals surface area contributed by atoms with Crippen LogP contribution in [0.4, 0.5) is 11.4 Å². The van der Waals surface area contributed by atoms with E-state index in [4.69, 9.17) is 14.3 Å². The second kappa shape index (κ2) is 8.44. The van der Waals surface area contributed by atoms with E-state index < -0.39 is 24.1 Å². The van der Waals surface area contributed by atoms with Crippen molar-refractivity contribution in [3.05, 3.63) is 107 Å². The van der Waals surface area contributed by atoms with Crippen LogP contribution < -0.4 is 4.90 Å². The molecular formula is C26H22N2O5. The van der Waals surface area contributed by atoms with Crippen molar-refractivity contribution in [2.24, 2.45) is 0 Å². The van der Waals surface area contributed by atoms with Crippen molar-refractivity contribution in [2.45, 2.75) is 12.2 Å². The molecule has 0 radical (unpaired) electrons. The van der Waals surface area contributed by atoms with E-state index in [0.29, 0.717) is 0 Å². The molecule has 0 amide bonds. The lowest BCUT2D eigenvalue weighted by Gasteiger charge is -2.46. The SMILES string of the molecule is COC(=O)C1=C(C(=O)OC)C2c3ccccc3N(c3ccccc3)C(c3ccccc3)N2O1. The molecule has 3 aromatic rings. The second-order valence-electron chi connectivity index (χ2n) is 7.63. The monoisotopic (exact) mass is 442 g/mol. The van der Waals surface area contributed by atoms with Gasteiger partial charge in [0.1, 0.15) is 17.8 Å². The first-order chi connectivity index (χ1) is 16.2. The zero-order valence-electron chi connectivity index (χ0n) is 18.2. The normalized spacial score (nSPS) is 19.4. The van der Waals surface area contributed by atoms with Crippen LogP contribution in [0.3, 0.4) is 0 Å². The van der Waals surface area contributed by atoms with Gasteiger partial charge in [-0.25, -0.2) is 9.59 Å². The molecule has 2 aliphatic heterocycles. The van der Waals surface area contributed by atoms with Crippen molar-refractivity contribution >= 4 is 23.3 Å². The quantitative estimate of drug-likeness (QED) is 0.554. The fourth-order valence-electron chi connectivity index (χ4n) is 4.47. The summed E-state index contributed by atoms with van der Waals surface area (Å²) >= 11 is 0. The summed E-state index contributed by atoms with van der Waals surface area (Å²) in [6, 6.07) is 26.8. The summed E-state index contributed by atoms with van der Waals surface area (Å²) in [6.45, 7) is 0. The number of ether oxygens (including phenoxy) is 2. The van der Waals surface area contributed by atoms with Gasteiger partial charge in [0, 0.05) is 16.9 Å². The van der Waals surface area contributed by atoms with Gasteiger partial charge < -0.3 is 19.2 Å². The highest BCUT2D eigenvalue weighted by Gasteiger charge is 2.52. The number of methoxy groups -OCH3 is 2. The lowest BCUT2D eigenvalue weighted by Crippen LogP contribution is -2.44. The average Bonchev–Trinajstić information content (AvgIpc) is 3.28. The zero-order chi connectivity index (χ0) is 22.9. The van der Waals surface area contributed by atoms with Crippen molar-refractivity contribution in [1.82, 2.24) is 5.06 Å². The molecule has 0 bridgehead atoms. The second-order valence-corrected chi connectivity index (χ2v) is 7.63. The molecule has 2 unspecified atom stereocenters. The molecule has 0 spiro atoms. The highest BCUT2D eigenvalue weighted by atomic mass is 16.7. The van der Waals surface area contributed by atoms with Crippen LogP contribution >= 0.6 is 0 Å². The van der Waals surface area contributed by atoms with Crippen molar-refractivity contribution in [3.63, 3.8) is 0 Å². The Kier molecular flexibility index (Phi) is 5.32. The van der Waals surface area contributed by atoms with Crippen molar-refractivity contribution < 1.29 is 23.9 Å². The van der Waals surface area contributed by atoms with E-state index in [1.165, 1.54) is 14.2 Å². The fraction of sp³-hybridized carbons (Fsp3) is 0.154. The topological polar surface area (TPSA) is 68.3 Å². The van der Waals surface area contributed by atoms with E-state index in [9.17, 15) is 9.59 Å². The van der Waals surface area contributed by atoms with Crippen LogP contribution in [0.25, 0.3) is 0 Å². The van der Waals surface area contributed by atoms with E-state index in [-0.39, 0.29) is 11.3 Å². The van der Waals surface area contributed by atoms with Gasteiger partial charge >= 0.3 is 11.9 Å². The molecule has 0 N–H and O–H groups in total. The van der Waals surface area contributed by atoms with Crippen LogP contribution in [0.2, 0.25) is 0 Å². The van der Waals surface area contributed by atoms with E-state index in [1.54, 1.807) is 5.06 Å². The molecule has 3 aromatic carbocycles. The minimum Gasteiger partial charge on any atom is -0.465 e. The van der Waals surface area contributed by atoms with Gasteiger partial charge in [-0.2, -0.15) is 0 Å². The molecule has 166 valence electrons. The summed E-state index contributed by atoms with van der Waals surface area (Å²) in [4.78, 5) is 33.8. The lowest BCUT2D eigenvalue weighted by molar-refractivity contribution is -0.174. The van der Waals surface area contributed by atoms with Gasteiger partial charge in [0.05, 0.1) is 14.2 Å². The summed E-state index contributed by atoms with van der Waals surface area (Å²) in [5.74, 6) is -1.54. The maximum Gasteiger partial charge on any atom is 0.376 e. The van der Waals surface area contributed by atoms with Gasteiger partial charge in [-0.15, -0.1) is 5.06 Å². The molecule has 2 heterocycles. The van der Waals surface area contributed by atoms with E-state index in [2.05, 4.69) is 4.90 Å². The Morgan fingerprint density at radius 2 is 1.39 bits per heavy atom. The van der Waals surface area contributed by atoms with Crippen molar-refractivity contribution in [2.75, 3.05) is 19.1 Å². The molecule has 0 saturated carbocycles. The van der Waals surface area contributed by atoms with Gasteiger partial charge in [0.2, 0.25) is 5.76 Å². The summed E-state index contributed by atoms with van der Waals surface area (Å²) in [5, 5.41) is 1.67. The molecule has 0 saturated heterocycles. The number of carbonyl (C=O) groups excluding carboxylic acids is 2. The Morgan fingerprint density at radius 1 is 0.788 bits per heavy atom. The first-order valence-electron chi connectivity index (χ1n) is 10.5. The molecule has 33 heavy (non-hydrogen) atoms. The molecule has 7 heteroatoms. The molecule has 0 aromatic heterocycles. The lowest BCUT2D eigenvalue weighted by atomic mass is 9.91. The number of anilines is 2. The highest BCUT2D eigenvalue weighted by molar-refractivity contribution is 6.01. The molecule has 0 fully saturated rings. The van der Waals surface area contributed by atoms with Gasteiger partial charge in [-0.3, -0.25) is 0 Å². The molecular weight excluding hydrogens is 420 g/mol. The smallest absolute Gasteiger partial charge is 0.376 e. The third kappa shape index (κ3) is 3.34. The number of carbonyl (C=O) groups is 2. The number of benzene rings is 3. The van der Waals surface area contributed by atoms with E-state index in [1.807, 2.05) is 84.9 Å². The van der Waals surface area contributed by atoms with Crippen LogP contribution in [0, 0.1) is 0 Å². The van der Waals surface area contributed by atoms with Crippen molar-refractivity contribution in [1.29, 1.82) is 0 Å². The Balaban J connectivity index is 1.78. The van der Waals surface area contributed by atoms with Crippen LogP contribution in [-0.2, 0) is 23.9 Å². The molecule has 0 aliphatic carbocycles. The largest absolute Gasteiger partial charge is 0.465 e. The number of nitrogens with zero attached hydrogens (tertiary/aromatic N) is 2. The number of hydrogen-bond donors (Lipinski definition) is 0. The minimum atomic E-state index is -0.736. The van der Waals surface area contributed by atoms with Gasteiger partial charge in [-0.1, -0.05) is 66.7 Å². The first kappa shape index (κ1) is 20.8. The number of esters is 2. The third-order valence-electron chi connectivity index (χ3n) is 5.85. The number of rotatable bonds is 4. The van der Waals surface area contributed by atoms with Gasteiger partial charge in [-0.05, 0) is 23.8 Å². The molecule has 2 atom stereocenters. The maximum atomic E-state index is 12.9. The predicted octanol–water partition coefficient (Wildman–Crippen LogP) is 4.43. The number of fused-ring (bicyclic) bond motifs is 3. The van der Waals surface area contributed by atoms with E-state index >= 15 is 0 Å². The minimum absolute atomic E-state index is 0.116. The summed E-state index contributed by atoms with van der Waals surface area (Å²) in [5.41, 5.74) is 3.69. The van der Waals surface area contributed by atoms with Crippen LogP contribution in [-0.4, -0.2) is 31.2 Å². The Hall–Kier alpha value is -4.10. The Bertz CT molecular complexity index is 1230. The van der Waals surface area contributed by atoms with Crippen LogP contribution in [0.5, 0.6) is 0 Å². The van der Waals surface area contributed by atoms with E-state index in [0.717, 1.165) is 22.5 Å². The number of hydroxylamine groups is 2. The predicted molar refractivity (Wildman–Crippen MR) is 121 cm³/mol. The zero-order valence-corrected chi connectivity index (χ0v) is 18.2. The van der Waals surface area contributed by atoms with Gasteiger partial charge in [0.25, 0.3) is 0 Å². The Morgan fingerprint density at radius 3 is 2.06 bits per heavy atom. The molecule has 2 aliphatic rings. The van der Waals surface area contributed by atoms with Crippen LogP contribution in [0.15, 0.2) is 96.3 Å². The summed E-state index contributed by atoms with van der Waals surface area (Å²) < 4.78 is 9.99. The maximum absolute atomic E-state index is 12.9. The van der Waals surface area contributed by atoms with Crippen molar-refractivity contribution in [3.8, 4) is 0 Å². The van der Waals surface area contributed by atoms with Gasteiger partial charge in [0.15, 0.2) is 0 Å². The number of para-hydroxylation sites is 2. The Labute approximate surface area is 191 Å².